The minimum Gasteiger partial charge on any atom is -0.490 e. The van der Waals surface area contributed by atoms with Gasteiger partial charge in [-0.3, -0.25) is 0 Å². The smallest absolute Gasteiger partial charge is 0.416 e. The maximum atomic E-state index is 13.2. The molecule has 0 bridgehead atoms. The average Bonchev–Trinajstić information content (AvgIpc) is 2.92. The Labute approximate surface area is 207 Å². The van der Waals surface area contributed by atoms with Gasteiger partial charge in [0, 0.05) is 19.6 Å². The van der Waals surface area contributed by atoms with Crippen LogP contribution in [0.5, 0.6) is 5.75 Å². The predicted octanol–water partition coefficient (Wildman–Crippen LogP) is 4.97. The molecule has 2 heterocycles. The lowest BCUT2D eigenvalue weighted by molar-refractivity contribution is -0.137. The van der Waals surface area contributed by atoms with Crippen LogP contribution in [0.3, 0.4) is 0 Å². The van der Waals surface area contributed by atoms with E-state index in [-0.39, 0.29) is 5.69 Å². The van der Waals surface area contributed by atoms with E-state index in [1.807, 2.05) is 29.2 Å². The molecule has 0 atom stereocenters. The highest BCUT2D eigenvalue weighted by molar-refractivity contribution is 5.87. The summed E-state index contributed by atoms with van der Waals surface area (Å²) in [6.45, 7) is 2.57. The van der Waals surface area contributed by atoms with Gasteiger partial charge in [0.1, 0.15) is 12.4 Å². The van der Waals surface area contributed by atoms with Crippen LogP contribution in [0, 0.1) is 0 Å². The van der Waals surface area contributed by atoms with E-state index in [9.17, 15) is 18.0 Å². The van der Waals surface area contributed by atoms with Crippen molar-refractivity contribution in [1.29, 1.82) is 0 Å². The van der Waals surface area contributed by atoms with Gasteiger partial charge in [0.25, 0.3) is 0 Å². The first kappa shape index (κ1) is 25.3. The van der Waals surface area contributed by atoms with Gasteiger partial charge in [0.15, 0.2) is 11.5 Å². The van der Waals surface area contributed by atoms with Crippen molar-refractivity contribution in [2.24, 2.45) is 0 Å². The summed E-state index contributed by atoms with van der Waals surface area (Å²) >= 11 is 0. The number of nitrogens with zero attached hydrogens (tertiary/aromatic N) is 4. The summed E-state index contributed by atoms with van der Waals surface area (Å²) in [5.41, 5.74) is 0.898. The van der Waals surface area contributed by atoms with Gasteiger partial charge in [-0.15, -0.1) is 10.2 Å². The van der Waals surface area contributed by atoms with Crippen LogP contribution in [0.1, 0.15) is 34.5 Å². The molecule has 1 aliphatic heterocycles. The van der Waals surface area contributed by atoms with Crippen molar-refractivity contribution in [3.63, 3.8) is 0 Å². The molecule has 0 saturated carbocycles. The molecule has 0 fully saturated rings. The fraction of sp³-hybridized carbons (Fsp3) is 0.346. The first-order valence-corrected chi connectivity index (χ1v) is 11.6. The molecule has 190 valence electrons. The number of fused-ring (bicyclic) bond motifs is 1. The largest absolute Gasteiger partial charge is 0.490 e. The van der Waals surface area contributed by atoms with E-state index >= 15 is 0 Å². The summed E-state index contributed by atoms with van der Waals surface area (Å²) < 4.78 is 50.5. The Balaban J connectivity index is 1.52. The highest BCUT2D eigenvalue weighted by atomic mass is 19.4. The number of aromatic nitrogens is 2. The summed E-state index contributed by atoms with van der Waals surface area (Å²) in [5, 5.41) is 8.14. The topological polar surface area (TPSA) is 67.8 Å². The minimum atomic E-state index is -4.39. The van der Waals surface area contributed by atoms with Crippen molar-refractivity contribution in [1.82, 2.24) is 10.2 Å². The van der Waals surface area contributed by atoms with Crippen LogP contribution in [0.4, 0.5) is 24.7 Å². The number of alkyl halides is 3. The Morgan fingerprint density at radius 2 is 1.81 bits per heavy atom. The number of ether oxygens (including phenoxy) is 2. The van der Waals surface area contributed by atoms with E-state index in [0.717, 1.165) is 24.6 Å². The quantitative estimate of drug-likeness (QED) is 0.469. The number of carbonyl (C=O) groups is 1. The number of methoxy groups -OCH3 is 1. The van der Waals surface area contributed by atoms with Crippen molar-refractivity contribution >= 4 is 17.5 Å². The number of anilines is 2. The van der Waals surface area contributed by atoms with Gasteiger partial charge in [0.05, 0.1) is 24.9 Å². The Morgan fingerprint density at radius 1 is 1.00 bits per heavy atom. The fourth-order valence-corrected chi connectivity index (χ4v) is 4.11. The van der Waals surface area contributed by atoms with Gasteiger partial charge in [-0.25, -0.2) is 4.79 Å². The number of hydrogen-bond donors (Lipinski definition) is 0. The molecule has 4 rings (SSSR count). The Hall–Kier alpha value is -3.82. The number of carbonyl (C=O) groups excluding carboxylic acids is 1. The summed E-state index contributed by atoms with van der Waals surface area (Å²) in [6, 6.07) is 16.3. The van der Waals surface area contributed by atoms with E-state index in [1.54, 1.807) is 18.2 Å². The highest BCUT2D eigenvalue weighted by Gasteiger charge is 2.30. The molecule has 1 aliphatic rings. The van der Waals surface area contributed by atoms with Crippen LogP contribution in [-0.4, -0.2) is 49.5 Å². The molecule has 36 heavy (non-hydrogen) atoms. The maximum absolute atomic E-state index is 13.2. The summed E-state index contributed by atoms with van der Waals surface area (Å²) in [6.07, 6.45) is -2.76. The van der Waals surface area contributed by atoms with Gasteiger partial charge in [-0.1, -0.05) is 24.3 Å². The van der Waals surface area contributed by atoms with E-state index < -0.39 is 17.7 Å². The van der Waals surface area contributed by atoms with Gasteiger partial charge < -0.3 is 19.3 Å². The number of benzene rings is 2. The second-order valence-electron chi connectivity index (χ2n) is 8.40. The number of para-hydroxylation sites is 2. The molecule has 3 aromatic rings. The molecular formula is C26H27F3N4O3. The summed E-state index contributed by atoms with van der Waals surface area (Å²) in [4.78, 5) is 15.8. The second kappa shape index (κ2) is 11.3. The molecule has 0 amide bonds. The van der Waals surface area contributed by atoms with E-state index in [4.69, 9.17) is 4.74 Å². The molecule has 0 N–H and O–H groups in total. The molecule has 10 heteroatoms. The first-order chi connectivity index (χ1) is 17.3. The standard InChI is InChI=1S/C26H27F3N4O3/c1-35-25(34)21-11-12-24(31-30-21)32-13-4-5-14-33(22-9-2-3-10-23(22)36-16-15-32)18-19-7-6-8-20(17-19)26(27,28)29/h2-3,6-12,17H,4-5,13-16,18H2,1H3. The number of rotatable bonds is 4. The zero-order chi connectivity index (χ0) is 25.5. The molecule has 0 aliphatic carbocycles. The van der Waals surface area contributed by atoms with Crippen LogP contribution in [-0.2, 0) is 17.5 Å². The zero-order valence-electron chi connectivity index (χ0n) is 19.9. The fourth-order valence-electron chi connectivity index (χ4n) is 4.11. The van der Waals surface area contributed by atoms with E-state index in [1.165, 1.54) is 19.2 Å². The first-order valence-electron chi connectivity index (χ1n) is 11.6. The molecule has 0 spiro atoms. The minimum absolute atomic E-state index is 0.134. The number of hydrogen-bond acceptors (Lipinski definition) is 7. The van der Waals surface area contributed by atoms with Gasteiger partial charge >= 0.3 is 12.1 Å². The zero-order valence-corrected chi connectivity index (χ0v) is 19.9. The van der Waals surface area contributed by atoms with Crippen molar-refractivity contribution in [2.45, 2.75) is 25.6 Å². The Bertz CT molecular complexity index is 1170. The number of esters is 1. The lowest BCUT2D eigenvalue weighted by Gasteiger charge is -2.27. The molecule has 2 aromatic carbocycles. The van der Waals surface area contributed by atoms with E-state index in [0.29, 0.717) is 49.9 Å². The van der Waals surface area contributed by atoms with Crippen LogP contribution >= 0.6 is 0 Å². The van der Waals surface area contributed by atoms with Crippen LogP contribution in [0.2, 0.25) is 0 Å². The van der Waals surface area contributed by atoms with Crippen molar-refractivity contribution in [3.05, 3.63) is 77.5 Å². The average molecular weight is 501 g/mol. The van der Waals surface area contributed by atoms with Gasteiger partial charge in [-0.05, 0) is 54.8 Å². The highest BCUT2D eigenvalue weighted by Crippen LogP contribution is 2.33. The third kappa shape index (κ3) is 6.24. The molecule has 0 radical (unpaired) electrons. The Kier molecular flexibility index (Phi) is 7.92. The normalized spacial score (nSPS) is 14.9. The number of halogens is 3. The summed E-state index contributed by atoms with van der Waals surface area (Å²) in [7, 11) is 1.29. The molecular weight excluding hydrogens is 473 g/mol. The maximum Gasteiger partial charge on any atom is 0.416 e. The lowest BCUT2D eigenvalue weighted by Crippen LogP contribution is -2.30. The van der Waals surface area contributed by atoms with Crippen molar-refractivity contribution in [2.75, 3.05) is 43.2 Å². The van der Waals surface area contributed by atoms with Crippen molar-refractivity contribution < 1.29 is 27.4 Å². The van der Waals surface area contributed by atoms with Gasteiger partial charge in [0.2, 0.25) is 0 Å². The SMILES string of the molecule is COC(=O)c1ccc(N2CCCCN(Cc3cccc(C(F)(F)F)c3)c3ccccc3OCC2)nn1. The lowest BCUT2D eigenvalue weighted by atomic mass is 10.1. The molecule has 1 aromatic heterocycles. The molecule has 7 nitrogen and oxygen atoms in total. The monoisotopic (exact) mass is 500 g/mol. The van der Waals surface area contributed by atoms with Crippen LogP contribution in [0.15, 0.2) is 60.7 Å². The Morgan fingerprint density at radius 3 is 2.56 bits per heavy atom. The van der Waals surface area contributed by atoms with Crippen LogP contribution in [0.25, 0.3) is 0 Å². The third-order valence-electron chi connectivity index (χ3n) is 5.93. The molecule has 0 saturated heterocycles. The molecule has 0 unspecified atom stereocenters. The summed E-state index contributed by atoms with van der Waals surface area (Å²) in [5.74, 6) is 0.741. The van der Waals surface area contributed by atoms with Gasteiger partial charge in [-0.2, -0.15) is 13.2 Å². The van der Waals surface area contributed by atoms with Crippen molar-refractivity contribution in [3.8, 4) is 5.75 Å². The second-order valence-corrected chi connectivity index (χ2v) is 8.40. The van der Waals surface area contributed by atoms with E-state index in [2.05, 4.69) is 19.8 Å². The third-order valence-corrected chi connectivity index (χ3v) is 5.93. The van der Waals surface area contributed by atoms with Crippen LogP contribution < -0.4 is 14.5 Å². The predicted molar refractivity (Wildman–Crippen MR) is 129 cm³/mol.